The number of likely N-dealkylation sites (tertiary alicyclic amines) is 1. The van der Waals surface area contributed by atoms with E-state index in [1.807, 2.05) is 4.90 Å². The lowest BCUT2D eigenvalue weighted by molar-refractivity contribution is -0.137. The Morgan fingerprint density at radius 2 is 1.38 bits per heavy atom. The van der Waals surface area contributed by atoms with Crippen LogP contribution in [0.2, 0.25) is 0 Å². The van der Waals surface area contributed by atoms with E-state index in [1.54, 1.807) is 6.92 Å². The zero-order valence-electron chi connectivity index (χ0n) is 15.4. The summed E-state index contributed by atoms with van der Waals surface area (Å²) >= 11 is 0. The summed E-state index contributed by atoms with van der Waals surface area (Å²) in [5, 5.41) is 0. The van der Waals surface area contributed by atoms with Crippen LogP contribution in [0.15, 0.2) is 18.2 Å². The molecule has 0 aliphatic carbocycles. The molecule has 0 radical (unpaired) electrons. The van der Waals surface area contributed by atoms with Crippen LogP contribution in [0.25, 0.3) is 0 Å². The number of rotatable bonds is 5. The topological polar surface area (TPSA) is 82.1 Å². The van der Waals surface area contributed by atoms with E-state index < -0.39 is 18.0 Å². The third-order valence-electron chi connectivity index (χ3n) is 4.33. The molecule has 1 aromatic carbocycles. The molecule has 1 heterocycles. The van der Waals surface area contributed by atoms with Crippen LogP contribution in [0.4, 0.5) is 0 Å². The fraction of sp³-hybridized carbons (Fsp3) is 0.526. The molecule has 1 fully saturated rings. The normalized spacial score (nSPS) is 15.6. The minimum absolute atomic E-state index is 0.102. The lowest BCUT2D eigenvalue weighted by Crippen LogP contribution is -2.41. The van der Waals surface area contributed by atoms with Crippen LogP contribution < -0.4 is 4.74 Å². The molecule has 1 aliphatic heterocycles. The number of nitrogens with zero attached hydrogens (tertiary/aromatic N) is 1. The molecule has 2 rings (SSSR count). The molecule has 0 bridgehead atoms. The number of carbonyl (C=O) groups excluding carboxylic acids is 3. The molecule has 7 heteroatoms. The quantitative estimate of drug-likeness (QED) is 0.747. The molecule has 0 saturated carbocycles. The summed E-state index contributed by atoms with van der Waals surface area (Å²) in [7, 11) is 2.50. The summed E-state index contributed by atoms with van der Waals surface area (Å²) < 4.78 is 15.1. The molecule has 1 aromatic rings. The summed E-state index contributed by atoms with van der Waals surface area (Å²) in [6, 6.07) is 4.26. The van der Waals surface area contributed by atoms with E-state index in [0.717, 1.165) is 38.8 Å². The second kappa shape index (κ2) is 9.22. The number of amides is 1. The minimum atomic E-state index is -0.730. The van der Waals surface area contributed by atoms with Crippen LogP contribution >= 0.6 is 0 Å². The highest BCUT2D eigenvalue weighted by Crippen LogP contribution is 2.21. The minimum Gasteiger partial charge on any atom is -0.481 e. The lowest BCUT2D eigenvalue weighted by Gasteiger charge is -2.24. The van der Waals surface area contributed by atoms with Crippen molar-refractivity contribution in [3.63, 3.8) is 0 Å². The van der Waals surface area contributed by atoms with Crippen molar-refractivity contribution in [1.29, 1.82) is 0 Å². The van der Waals surface area contributed by atoms with Crippen LogP contribution in [0.3, 0.4) is 0 Å². The van der Waals surface area contributed by atoms with E-state index >= 15 is 0 Å². The highest BCUT2D eigenvalue weighted by atomic mass is 16.5. The van der Waals surface area contributed by atoms with Gasteiger partial charge in [-0.1, -0.05) is 12.8 Å². The molecule has 26 heavy (non-hydrogen) atoms. The van der Waals surface area contributed by atoms with Gasteiger partial charge in [-0.3, -0.25) is 4.79 Å². The van der Waals surface area contributed by atoms with Gasteiger partial charge in [0.05, 0.1) is 25.3 Å². The average Bonchev–Trinajstić information content (AvgIpc) is 2.95. The van der Waals surface area contributed by atoms with Crippen molar-refractivity contribution in [3.05, 3.63) is 29.3 Å². The van der Waals surface area contributed by atoms with Crippen molar-refractivity contribution in [2.24, 2.45) is 0 Å². The number of methoxy groups -OCH3 is 2. The van der Waals surface area contributed by atoms with Crippen LogP contribution in [-0.2, 0) is 14.3 Å². The molecule has 0 unspecified atom stereocenters. The molecule has 142 valence electrons. The first-order valence-corrected chi connectivity index (χ1v) is 8.73. The molecular weight excluding hydrogens is 338 g/mol. The van der Waals surface area contributed by atoms with Gasteiger partial charge in [-0.05, 0) is 38.0 Å². The van der Waals surface area contributed by atoms with Gasteiger partial charge in [0, 0.05) is 13.1 Å². The lowest BCUT2D eigenvalue weighted by atomic mass is 10.1. The highest BCUT2D eigenvalue weighted by molar-refractivity contribution is 5.96. The van der Waals surface area contributed by atoms with Gasteiger partial charge < -0.3 is 19.1 Å². The zero-order valence-corrected chi connectivity index (χ0v) is 15.4. The summed E-state index contributed by atoms with van der Waals surface area (Å²) in [6.45, 7) is 3.11. The second-order valence-electron chi connectivity index (χ2n) is 6.23. The maximum atomic E-state index is 12.6. The van der Waals surface area contributed by atoms with Gasteiger partial charge >= 0.3 is 11.9 Å². The van der Waals surface area contributed by atoms with Gasteiger partial charge in [0.2, 0.25) is 0 Å². The van der Waals surface area contributed by atoms with Gasteiger partial charge in [-0.15, -0.1) is 0 Å². The van der Waals surface area contributed by atoms with E-state index in [2.05, 4.69) is 0 Å². The molecule has 0 aromatic heterocycles. The SMILES string of the molecule is COC(=O)c1cc(O[C@@H](C)C(=O)N2CCCCCC2)cc(C(=O)OC)c1. The van der Waals surface area contributed by atoms with E-state index in [9.17, 15) is 14.4 Å². The van der Waals surface area contributed by atoms with Gasteiger partial charge in [-0.25, -0.2) is 9.59 Å². The summed E-state index contributed by atoms with van der Waals surface area (Å²) in [5.74, 6) is -1.07. The Hall–Kier alpha value is -2.57. The zero-order chi connectivity index (χ0) is 19.1. The van der Waals surface area contributed by atoms with Crippen molar-refractivity contribution < 1.29 is 28.6 Å². The largest absolute Gasteiger partial charge is 0.481 e. The van der Waals surface area contributed by atoms with E-state index in [0.29, 0.717) is 0 Å². The number of ether oxygens (including phenoxy) is 3. The number of carbonyl (C=O) groups is 3. The predicted molar refractivity (Wildman–Crippen MR) is 94.3 cm³/mol. The molecular formula is C19H25NO6. The first-order chi connectivity index (χ1) is 12.5. The molecule has 1 aliphatic rings. The van der Waals surface area contributed by atoms with Gasteiger partial charge in [-0.2, -0.15) is 0 Å². The summed E-state index contributed by atoms with van der Waals surface area (Å²) in [5.41, 5.74) is 0.305. The Labute approximate surface area is 153 Å². The van der Waals surface area contributed by atoms with Gasteiger partial charge in [0.25, 0.3) is 5.91 Å². The van der Waals surface area contributed by atoms with E-state index in [4.69, 9.17) is 14.2 Å². The second-order valence-corrected chi connectivity index (χ2v) is 6.23. The Morgan fingerprint density at radius 3 is 1.85 bits per heavy atom. The van der Waals surface area contributed by atoms with Crippen molar-refractivity contribution in [3.8, 4) is 5.75 Å². The average molecular weight is 363 g/mol. The first kappa shape index (κ1) is 19.8. The standard InChI is InChI=1S/C19H25NO6/c1-13(17(21)20-8-6-4-5-7-9-20)26-16-11-14(18(22)24-2)10-15(12-16)19(23)25-3/h10-13H,4-9H2,1-3H3/t13-/m0/s1. The van der Waals surface area contributed by atoms with Crippen molar-refractivity contribution in [2.45, 2.75) is 38.7 Å². The number of hydrogen-bond acceptors (Lipinski definition) is 6. The number of hydrogen-bond donors (Lipinski definition) is 0. The van der Waals surface area contributed by atoms with Crippen LogP contribution in [0, 0.1) is 0 Å². The van der Waals surface area contributed by atoms with E-state index in [1.165, 1.54) is 32.4 Å². The summed E-state index contributed by atoms with van der Waals surface area (Å²) in [6.07, 6.45) is 3.50. The molecule has 1 amide bonds. The third kappa shape index (κ3) is 4.97. The molecule has 1 saturated heterocycles. The molecule has 1 atom stereocenters. The monoisotopic (exact) mass is 363 g/mol. The number of benzene rings is 1. The van der Waals surface area contributed by atoms with Gasteiger partial charge in [0.1, 0.15) is 5.75 Å². The van der Waals surface area contributed by atoms with Crippen LogP contribution in [0.1, 0.15) is 53.3 Å². The van der Waals surface area contributed by atoms with Crippen molar-refractivity contribution >= 4 is 17.8 Å². The maximum absolute atomic E-state index is 12.6. The Morgan fingerprint density at radius 1 is 0.885 bits per heavy atom. The Kier molecular flexibility index (Phi) is 7.00. The molecule has 0 spiro atoms. The third-order valence-corrected chi connectivity index (χ3v) is 4.33. The fourth-order valence-corrected chi connectivity index (χ4v) is 2.94. The smallest absolute Gasteiger partial charge is 0.338 e. The summed E-state index contributed by atoms with van der Waals surface area (Å²) in [4.78, 5) is 38.1. The predicted octanol–water partition coefficient (Wildman–Crippen LogP) is 2.43. The first-order valence-electron chi connectivity index (χ1n) is 8.73. The van der Waals surface area contributed by atoms with Crippen molar-refractivity contribution in [2.75, 3.05) is 27.3 Å². The molecule has 7 nitrogen and oxygen atoms in total. The van der Waals surface area contributed by atoms with Crippen LogP contribution in [-0.4, -0.2) is 56.2 Å². The van der Waals surface area contributed by atoms with Gasteiger partial charge in [0.15, 0.2) is 6.10 Å². The van der Waals surface area contributed by atoms with Crippen LogP contribution in [0.5, 0.6) is 5.75 Å². The fourth-order valence-electron chi connectivity index (χ4n) is 2.94. The molecule has 0 N–H and O–H groups in total. The highest BCUT2D eigenvalue weighted by Gasteiger charge is 2.24. The Balaban J connectivity index is 2.19. The van der Waals surface area contributed by atoms with Crippen molar-refractivity contribution in [1.82, 2.24) is 4.90 Å². The Bertz CT molecular complexity index is 630. The van der Waals surface area contributed by atoms with E-state index in [-0.39, 0.29) is 22.8 Å². The number of esters is 2. The maximum Gasteiger partial charge on any atom is 0.338 e.